The number of aromatic nitrogens is 5. The summed E-state index contributed by atoms with van der Waals surface area (Å²) in [6.07, 6.45) is 0.534. The molecule has 3 aromatic rings. The Labute approximate surface area is 199 Å². The van der Waals surface area contributed by atoms with E-state index in [0.29, 0.717) is 29.0 Å². The number of rotatable bonds is 6. The van der Waals surface area contributed by atoms with Gasteiger partial charge in [0.1, 0.15) is 29.7 Å². The largest absolute Gasteiger partial charge is 0.481 e. The van der Waals surface area contributed by atoms with Crippen molar-refractivity contribution in [2.45, 2.75) is 43.5 Å². The van der Waals surface area contributed by atoms with Crippen LogP contribution in [0.2, 0.25) is 0 Å². The maximum atomic E-state index is 13.1. The second-order valence-corrected chi connectivity index (χ2v) is 9.99. The van der Waals surface area contributed by atoms with Crippen LogP contribution in [0, 0.1) is 0 Å². The Morgan fingerprint density at radius 3 is 2.89 bits per heavy atom. The van der Waals surface area contributed by atoms with Crippen molar-refractivity contribution in [3.05, 3.63) is 36.5 Å². The molecule has 2 saturated heterocycles. The summed E-state index contributed by atoms with van der Waals surface area (Å²) < 4.78 is 41.9. The lowest BCUT2D eigenvalue weighted by Crippen LogP contribution is -2.44. The van der Waals surface area contributed by atoms with E-state index in [1.54, 1.807) is 18.3 Å². The molecule has 0 spiro atoms. The molecule has 15 heteroatoms. The second kappa shape index (κ2) is 9.06. The molecule has 5 heterocycles. The molecule has 14 nitrogen and oxygen atoms in total. The summed E-state index contributed by atoms with van der Waals surface area (Å²) in [5.74, 6) is 0.604. The quantitative estimate of drug-likeness (QED) is 0.403. The van der Waals surface area contributed by atoms with Crippen molar-refractivity contribution < 1.29 is 37.8 Å². The zero-order chi connectivity index (χ0) is 24.8. The second-order valence-electron chi connectivity index (χ2n) is 8.37. The molecule has 188 valence electrons. The van der Waals surface area contributed by atoms with Crippen LogP contribution in [-0.2, 0) is 22.9 Å². The van der Waals surface area contributed by atoms with Crippen molar-refractivity contribution in [1.82, 2.24) is 24.5 Å². The van der Waals surface area contributed by atoms with E-state index in [-0.39, 0.29) is 19.0 Å². The van der Waals surface area contributed by atoms with Gasteiger partial charge in [-0.05, 0) is 13.0 Å². The van der Waals surface area contributed by atoms with Crippen LogP contribution >= 0.6 is 7.82 Å². The number of hydrogen-bond donors (Lipinski definition) is 3. The average Bonchev–Trinajstić information content (AvgIpc) is 3.37. The first-order valence-corrected chi connectivity index (χ1v) is 12.2. The number of aliphatic hydroxyl groups is 2. The monoisotopic (exact) mass is 508 g/mol. The highest BCUT2D eigenvalue weighted by atomic mass is 31.2. The SMILES string of the molecule is COc1ccc(C2CCOP(=O)(OC[C@H]3O[C@@H](n4cnc5c(N)ncnc54)[C@](C)(O)[C@@H]3O)O2)cn1. The number of hydrogen-bond acceptors (Lipinski definition) is 13. The third kappa shape index (κ3) is 4.38. The Morgan fingerprint density at radius 1 is 1.31 bits per heavy atom. The van der Waals surface area contributed by atoms with E-state index < -0.39 is 38.0 Å². The van der Waals surface area contributed by atoms with Crippen molar-refractivity contribution >= 4 is 24.8 Å². The maximum absolute atomic E-state index is 13.1. The first-order valence-electron chi connectivity index (χ1n) is 10.8. The van der Waals surface area contributed by atoms with E-state index in [1.165, 1.54) is 31.3 Å². The number of anilines is 1. The van der Waals surface area contributed by atoms with Gasteiger partial charge in [0.15, 0.2) is 17.7 Å². The molecule has 6 atom stereocenters. The first-order chi connectivity index (χ1) is 16.7. The van der Waals surface area contributed by atoms with Crippen LogP contribution in [0.3, 0.4) is 0 Å². The van der Waals surface area contributed by atoms with Gasteiger partial charge in [-0.2, -0.15) is 0 Å². The van der Waals surface area contributed by atoms with Crippen LogP contribution in [0.5, 0.6) is 5.88 Å². The molecule has 2 fully saturated rings. The van der Waals surface area contributed by atoms with Gasteiger partial charge in [-0.3, -0.25) is 18.1 Å². The van der Waals surface area contributed by atoms with Gasteiger partial charge >= 0.3 is 7.82 Å². The number of nitrogens with two attached hydrogens (primary N) is 1. The molecular formula is C20H25N6O8P. The number of fused-ring (bicyclic) bond motifs is 1. The fraction of sp³-hybridized carbons (Fsp3) is 0.500. The summed E-state index contributed by atoms with van der Waals surface area (Å²) in [6.45, 7) is 1.16. The standard InChI is InChI=1S/C20H25N6O8P/c1-20(28)16(27)13(33-19(20)26-10-25-15-17(21)23-9-24-18(15)26)8-32-35(29)31-6-5-12(34-35)11-3-4-14(30-2)22-7-11/h3-4,7,9-10,12-13,16,19,27-28H,5-6,8H2,1-2H3,(H2,21,23,24)/t12?,13-,16-,19-,20-,35?/m1/s1. The van der Waals surface area contributed by atoms with E-state index in [2.05, 4.69) is 19.9 Å². The molecule has 0 amide bonds. The van der Waals surface area contributed by atoms with Crippen molar-refractivity contribution in [1.29, 1.82) is 0 Å². The smallest absolute Gasteiger partial charge is 0.475 e. The highest BCUT2D eigenvalue weighted by molar-refractivity contribution is 7.48. The van der Waals surface area contributed by atoms with Crippen LogP contribution in [-0.4, -0.2) is 72.8 Å². The van der Waals surface area contributed by atoms with E-state index >= 15 is 0 Å². The van der Waals surface area contributed by atoms with Crippen molar-refractivity contribution in [3.8, 4) is 5.88 Å². The maximum Gasteiger partial charge on any atom is 0.475 e. The van der Waals surface area contributed by atoms with Crippen molar-refractivity contribution in [2.24, 2.45) is 0 Å². The number of imidazole rings is 1. The lowest BCUT2D eigenvalue weighted by molar-refractivity contribution is -0.0953. The number of nitrogen functional groups attached to an aromatic ring is 1. The third-order valence-corrected chi connectivity index (χ3v) is 7.49. The third-order valence-electron chi connectivity index (χ3n) is 6.02. The van der Waals surface area contributed by atoms with Gasteiger partial charge in [-0.25, -0.2) is 24.5 Å². The molecule has 5 rings (SSSR count). The fourth-order valence-electron chi connectivity index (χ4n) is 4.09. The minimum atomic E-state index is -3.99. The molecule has 0 bridgehead atoms. The predicted octanol–water partition coefficient (Wildman–Crippen LogP) is 1.12. The normalized spacial score (nSPS) is 33.3. The number of phosphoric ester groups is 1. The molecule has 0 aliphatic carbocycles. The van der Waals surface area contributed by atoms with Crippen LogP contribution in [0.4, 0.5) is 5.82 Å². The average molecular weight is 508 g/mol. The Morgan fingerprint density at radius 2 is 2.14 bits per heavy atom. The zero-order valence-corrected chi connectivity index (χ0v) is 19.8. The van der Waals surface area contributed by atoms with Crippen LogP contribution in [0.15, 0.2) is 31.0 Å². The predicted molar refractivity (Wildman–Crippen MR) is 119 cm³/mol. The Kier molecular flexibility index (Phi) is 6.21. The van der Waals surface area contributed by atoms with E-state index in [9.17, 15) is 14.8 Å². The number of methoxy groups -OCH3 is 1. The van der Waals surface area contributed by atoms with Gasteiger partial charge in [0.25, 0.3) is 0 Å². The molecule has 0 saturated carbocycles. The molecule has 4 N–H and O–H groups in total. The van der Waals surface area contributed by atoms with Crippen molar-refractivity contribution in [3.63, 3.8) is 0 Å². The number of ether oxygens (including phenoxy) is 2. The molecule has 2 aliphatic heterocycles. The molecule has 0 radical (unpaired) electrons. The summed E-state index contributed by atoms with van der Waals surface area (Å²) in [7, 11) is -2.48. The minimum absolute atomic E-state index is 0.130. The summed E-state index contributed by atoms with van der Waals surface area (Å²) in [5, 5.41) is 21.8. The highest BCUT2D eigenvalue weighted by Gasteiger charge is 2.54. The molecule has 35 heavy (non-hydrogen) atoms. The van der Waals surface area contributed by atoms with Crippen LogP contribution < -0.4 is 10.5 Å². The van der Waals surface area contributed by atoms with Gasteiger partial charge in [0, 0.05) is 24.2 Å². The van der Waals surface area contributed by atoms with Gasteiger partial charge in [0.05, 0.1) is 32.8 Å². The van der Waals surface area contributed by atoms with Gasteiger partial charge < -0.3 is 25.4 Å². The summed E-state index contributed by atoms with van der Waals surface area (Å²) >= 11 is 0. The lowest BCUT2D eigenvalue weighted by Gasteiger charge is -2.30. The van der Waals surface area contributed by atoms with Crippen LogP contribution in [0.1, 0.15) is 31.2 Å². The Balaban J connectivity index is 1.29. The zero-order valence-electron chi connectivity index (χ0n) is 18.9. The molecule has 2 aliphatic rings. The van der Waals surface area contributed by atoms with Gasteiger partial charge in [-0.15, -0.1) is 0 Å². The summed E-state index contributed by atoms with van der Waals surface area (Å²) in [6, 6.07) is 3.42. The molecule has 0 aromatic carbocycles. The summed E-state index contributed by atoms with van der Waals surface area (Å²) in [4.78, 5) is 16.3. The first kappa shape index (κ1) is 24.0. The molecular weight excluding hydrogens is 483 g/mol. The minimum Gasteiger partial charge on any atom is -0.481 e. The Bertz CT molecular complexity index is 1250. The van der Waals surface area contributed by atoms with Crippen molar-refractivity contribution in [2.75, 3.05) is 26.1 Å². The summed E-state index contributed by atoms with van der Waals surface area (Å²) in [5.41, 5.74) is 5.40. The van der Waals surface area contributed by atoms with E-state index in [1.807, 2.05) is 0 Å². The van der Waals surface area contributed by atoms with E-state index in [4.69, 9.17) is 28.8 Å². The topological polar surface area (TPSA) is 186 Å². The number of phosphoric acid groups is 1. The lowest BCUT2D eigenvalue weighted by atomic mass is 9.96. The molecule has 2 unspecified atom stereocenters. The number of nitrogens with zero attached hydrogens (tertiary/aromatic N) is 5. The molecule has 3 aromatic heterocycles. The number of aliphatic hydroxyl groups excluding tert-OH is 1. The fourth-order valence-corrected chi connectivity index (χ4v) is 5.49. The van der Waals surface area contributed by atoms with Gasteiger partial charge in [-0.1, -0.05) is 0 Å². The van der Waals surface area contributed by atoms with E-state index in [0.717, 1.165) is 0 Å². The van der Waals surface area contributed by atoms with Crippen LogP contribution in [0.25, 0.3) is 11.2 Å². The number of pyridine rings is 1. The highest BCUT2D eigenvalue weighted by Crippen LogP contribution is 2.57. The Hall–Kier alpha value is -2.71. The van der Waals surface area contributed by atoms with Gasteiger partial charge in [0.2, 0.25) is 5.88 Å².